The van der Waals surface area contributed by atoms with Crippen LogP contribution in [0.4, 0.5) is 13.2 Å². The van der Waals surface area contributed by atoms with E-state index in [9.17, 15) is 13.2 Å². The average Bonchev–Trinajstić information content (AvgIpc) is 2.37. The van der Waals surface area contributed by atoms with E-state index in [1.165, 1.54) is 19.5 Å². The number of aromatic nitrogens is 2. The van der Waals surface area contributed by atoms with E-state index in [2.05, 4.69) is 9.97 Å². The zero-order valence-electron chi connectivity index (χ0n) is 10.6. The van der Waals surface area contributed by atoms with Gasteiger partial charge in [0.1, 0.15) is 23.8 Å². The molecule has 1 heterocycles. The molecule has 106 valence electrons. The van der Waals surface area contributed by atoms with Gasteiger partial charge in [-0.1, -0.05) is 0 Å². The van der Waals surface area contributed by atoms with Gasteiger partial charge in [0, 0.05) is 41.9 Å². The molecule has 0 bridgehead atoms. The normalized spacial score (nSPS) is 12.2. The Morgan fingerprint density at radius 2 is 1.80 bits per heavy atom. The van der Waals surface area contributed by atoms with Crippen LogP contribution in [0.25, 0.3) is 0 Å². The maximum atomic E-state index is 13.6. The van der Waals surface area contributed by atoms with Crippen LogP contribution in [0.3, 0.4) is 0 Å². The Bertz CT molecular complexity index is 599. The summed E-state index contributed by atoms with van der Waals surface area (Å²) in [5.41, 5.74) is 5.86. The first-order chi connectivity index (χ1) is 9.51. The van der Waals surface area contributed by atoms with Gasteiger partial charge < -0.3 is 10.5 Å². The van der Waals surface area contributed by atoms with Crippen LogP contribution in [-0.2, 0) is 6.42 Å². The Hall–Kier alpha value is -2.15. The fraction of sp³-hybridized carbons (Fsp3) is 0.231. The lowest BCUT2D eigenvalue weighted by molar-refractivity contribution is 0.395. The first kappa shape index (κ1) is 14.3. The lowest BCUT2D eigenvalue weighted by Crippen LogP contribution is -2.18. The number of hydrogen-bond donors (Lipinski definition) is 1. The summed E-state index contributed by atoms with van der Waals surface area (Å²) in [7, 11) is 1.44. The van der Waals surface area contributed by atoms with Gasteiger partial charge in [0.05, 0.1) is 7.11 Å². The maximum absolute atomic E-state index is 13.6. The van der Waals surface area contributed by atoms with Crippen molar-refractivity contribution >= 4 is 0 Å². The standard InChI is InChI=1S/C13H12F3N3O/c1-20-12-5-8(18-6-19-12)4-11(17)13-9(15)2-7(14)3-10(13)16/h2-3,5-6,11H,4,17H2,1H3. The Kier molecular flexibility index (Phi) is 4.19. The molecule has 0 spiro atoms. The summed E-state index contributed by atoms with van der Waals surface area (Å²) in [6, 6.07) is 1.71. The minimum atomic E-state index is -1.02. The van der Waals surface area contributed by atoms with E-state index in [1.807, 2.05) is 0 Å². The summed E-state index contributed by atoms with van der Waals surface area (Å²) in [4.78, 5) is 7.75. The average molecular weight is 283 g/mol. The predicted octanol–water partition coefficient (Wildman–Crippen LogP) is 2.15. The second-order valence-corrected chi connectivity index (χ2v) is 4.15. The van der Waals surface area contributed by atoms with Crippen molar-refractivity contribution in [1.82, 2.24) is 9.97 Å². The Balaban J connectivity index is 2.26. The molecule has 2 rings (SSSR count). The highest BCUT2D eigenvalue weighted by molar-refractivity contribution is 5.26. The number of nitrogens with two attached hydrogens (primary N) is 1. The zero-order valence-corrected chi connectivity index (χ0v) is 10.6. The van der Waals surface area contributed by atoms with E-state index in [1.54, 1.807) is 0 Å². The van der Waals surface area contributed by atoms with Crippen molar-refractivity contribution in [3.05, 3.63) is 53.2 Å². The molecular weight excluding hydrogens is 271 g/mol. The number of hydrogen-bond acceptors (Lipinski definition) is 4. The van der Waals surface area contributed by atoms with Crippen molar-refractivity contribution in [2.75, 3.05) is 7.11 Å². The molecule has 2 N–H and O–H groups in total. The summed E-state index contributed by atoms with van der Waals surface area (Å²) >= 11 is 0. The summed E-state index contributed by atoms with van der Waals surface area (Å²) in [5.74, 6) is -2.70. The second-order valence-electron chi connectivity index (χ2n) is 4.15. The summed E-state index contributed by atoms with van der Waals surface area (Å²) in [5, 5.41) is 0. The van der Waals surface area contributed by atoms with Crippen LogP contribution in [0.15, 0.2) is 24.5 Å². The fourth-order valence-corrected chi connectivity index (χ4v) is 1.84. The van der Waals surface area contributed by atoms with Crippen molar-refractivity contribution in [3.8, 4) is 5.88 Å². The van der Waals surface area contributed by atoms with Crippen LogP contribution < -0.4 is 10.5 Å². The molecule has 1 aromatic heterocycles. The van der Waals surface area contributed by atoms with Crippen molar-refractivity contribution in [2.24, 2.45) is 5.73 Å². The molecule has 0 aliphatic rings. The number of methoxy groups -OCH3 is 1. The third-order valence-corrected chi connectivity index (χ3v) is 2.75. The van der Waals surface area contributed by atoms with Crippen LogP contribution in [0.5, 0.6) is 5.88 Å². The van der Waals surface area contributed by atoms with Gasteiger partial charge in [0.2, 0.25) is 5.88 Å². The van der Waals surface area contributed by atoms with E-state index in [0.717, 1.165) is 0 Å². The summed E-state index contributed by atoms with van der Waals surface area (Å²) in [6.45, 7) is 0. The van der Waals surface area contributed by atoms with Crippen molar-refractivity contribution in [3.63, 3.8) is 0 Å². The van der Waals surface area contributed by atoms with E-state index >= 15 is 0 Å². The summed E-state index contributed by atoms with van der Waals surface area (Å²) < 4.78 is 44.9. The molecule has 1 atom stereocenters. The lowest BCUT2D eigenvalue weighted by atomic mass is 10.0. The highest BCUT2D eigenvalue weighted by atomic mass is 19.1. The first-order valence-electron chi connectivity index (χ1n) is 5.76. The molecule has 0 saturated heterocycles. The van der Waals surface area contributed by atoms with Gasteiger partial charge in [-0.05, 0) is 0 Å². The fourth-order valence-electron chi connectivity index (χ4n) is 1.84. The molecule has 20 heavy (non-hydrogen) atoms. The molecule has 0 fully saturated rings. The predicted molar refractivity (Wildman–Crippen MR) is 65.5 cm³/mol. The van der Waals surface area contributed by atoms with Crippen LogP contribution in [0.2, 0.25) is 0 Å². The molecule has 7 heteroatoms. The van der Waals surface area contributed by atoms with Gasteiger partial charge in [-0.2, -0.15) is 0 Å². The third kappa shape index (κ3) is 3.05. The molecule has 0 amide bonds. The van der Waals surface area contributed by atoms with Crippen LogP contribution in [-0.4, -0.2) is 17.1 Å². The highest BCUT2D eigenvalue weighted by Gasteiger charge is 2.19. The smallest absolute Gasteiger partial charge is 0.216 e. The van der Waals surface area contributed by atoms with Crippen LogP contribution >= 0.6 is 0 Å². The minimum absolute atomic E-state index is 0.0678. The molecule has 4 nitrogen and oxygen atoms in total. The van der Waals surface area contributed by atoms with Gasteiger partial charge in [-0.3, -0.25) is 0 Å². The first-order valence-corrected chi connectivity index (χ1v) is 5.76. The molecule has 0 saturated carbocycles. The molecule has 1 unspecified atom stereocenters. The Morgan fingerprint density at radius 1 is 1.15 bits per heavy atom. The number of nitrogens with zero attached hydrogens (tertiary/aromatic N) is 2. The highest BCUT2D eigenvalue weighted by Crippen LogP contribution is 2.23. The van der Waals surface area contributed by atoms with Gasteiger partial charge in [0.15, 0.2) is 0 Å². The number of rotatable bonds is 4. The minimum Gasteiger partial charge on any atom is -0.481 e. The van der Waals surface area contributed by atoms with Crippen LogP contribution in [0.1, 0.15) is 17.3 Å². The largest absolute Gasteiger partial charge is 0.481 e. The second kappa shape index (κ2) is 5.87. The molecule has 0 aliphatic heterocycles. The quantitative estimate of drug-likeness (QED) is 0.934. The van der Waals surface area contributed by atoms with Crippen molar-refractivity contribution in [2.45, 2.75) is 12.5 Å². The maximum Gasteiger partial charge on any atom is 0.216 e. The Morgan fingerprint density at radius 3 is 2.40 bits per heavy atom. The molecule has 1 aromatic carbocycles. The molecule has 0 aliphatic carbocycles. The third-order valence-electron chi connectivity index (χ3n) is 2.75. The van der Waals surface area contributed by atoms with Gasteiger partial charge in [-0.15, -0.1) is 0 Å². The number of benzene rings is 1. The van der Waals surface area contributed by atoms with Gasteiger partial charge in [0.25, 0.3) is 0 Å². The van der Waals surface area contributed by atoms with Crippen molar-refractivity contribution in [1.29, 1.82) is 0 Å². The number of halogens is 3. The SMILES string of the molecule is COc1cc(CC(N)c2c(F)cc(F)cc2F)ncn1. The Labute approximate surface area is 113 Å². The zero-order chi connectivity index (χ0) is 14.7. The molecule has 0 radical (unpaired) electrons. The topological polar surface area (TPSA) is 61.0 Å². The molecular formula is C13H12F3N3O. The van der Waals surface area contributed by atoms with E-state index in [4.69, 9.17) is 10.5 Å². The number of ether oxygens (including phenoxy) is 1. The van der Waals surface area contributed by atoms with Crippen LogP contribution in [0, 0.1) is 17.5 Å². The van der Waals surface area contributed by atoms with Gasteiger partial charge >= 0.3 is 0 Å². The van der Waals surface area contributed by atoms with E-state index in [-0.39, 0.29) is 12.0 Å². The summed E-state index contributed by atoms with van der Waals surface area (Å²) in [6.07, 6.45) is 1.33. The van der Waals surface area contributed by atoms with E-state index in [0.29, 0.717) is 23.7 Å². The monoisotopic (exact) mass is 283 g/mol. The van der Waals surface area contributed by atoms with Crippen molar-refractivity contribution < 1.29 is 17.9 Å². The molecule has 2 aromatic rings. The lowest BCUT2D eigenvalue weighted by Gasteiger charge is -2.14. The van der Waals surface area contributed by atoms with Gasteiger partial charge in [-0.25, -0.2) is 23.1 Å². The van der Waals surface area contributed by atoms with E-state index < -0.39 is 23.5 Å².